The van der Waals surface area contributed by atoms with Crippen molar-refractivity contribution in [1.82, 2.24) is 9.78 Å². The highest BCUT2D eigenvalue weighted by Gasteiger charge is 2.25. The fraction of sp³-hybridized carbons (Fsp3) is 0.692. The molecular weight excluding hydrogens is 230 g/mol. The lowest BCUT2D eigenvalue weighted by molar-refractivity contribution is 0.196. The van der Waals surface area contributed by atoms with Crippen LogP contribution < -0.4 is 11.3 Å². The summed E-state index contributed by atoms with van der Waals surface area (Å²) in [6.07, 6.45) is 4.97. The normalized spacial score (nSPS) is 18.8. The van der Waals surface area contributed by atoms with E-state index in [9.17, 15) is 9.90 Å². The molecule has 1 atom stereocenters. The van der Waals surface area contributed by atoms with E-state index >= 15 is 0 Å². The Bertz CT molecular complexity index is 488. The lowest BCUT2D eigenvalue weighted by Gasteiger charge is -2.25. The van der Waals surface area contributed by atoms with Gasteiger partial charge in [-0.2, -0.15) is 5.10 Å². The van der Waals surface area contributed by atoms with Crippen molar-refractivity contribution in [3.05, 3.63) is 21.6 Å². The number of hydrogen-bond donors (Lipinski definition) is 2. The molecule has 1 aromatic heterocycles. The van der Waals surface area contributed by atoms with E-state index in [1.807, 2.05) is 0 Å². The third-order valence-corrected chi connectivity index (χ3v) is 3.76. The lowest BCUT2D eigenvalue weighted by atomic mass is 9.84. The number of nitrogens with two attached hydrogens (primary N) is 1. The van der Waals surface area contributed by atoms with Gasteiger partial charge in [0.25, 0.3) is 5.56 Å². The molecule has 18 heavy (non-hydrogen) atoms. The van der Waals surface area contributed by atoms with Crippen molar-refractivity contribution < 1.29 is 5.11 Å². The van der Waals surface area contributed by atoms with Crippen molar-refractivity contribution in [1.29, 1.82) is 0 Å². The van der Waals surface area contributed by atoms with Crippen molar-refractivity contribution in [3.63, 3.8) is 0 Å². The van der Waals surface area contributed by atoms with Gasteiger partial charge in [0.2, 0.25) is 0 Å². The van der Waals surface area contributed by atoms with Crippen LogP contribution in [0.2, 0.25) is 0 Å². The molecule has 2 rings (SSSR count). The van der Waals surface area contributed by atoms with Crippen LogP contribution in [0.3, 0.4) is 0 Å². The summed E-state index contributed by atoms with van der Waals surface area (Å²) in [6.45, 7) is 1.64. The third kappa shape index (κ3) is 2.27. The minimum absolute atomic E-state index is 0.142. The maximum atomic E-state index is 11.8. The third-order valence-electron chi connectivity index (χ3n) is 3.76. The number of anilines is 1. The summed E-state index contributed by atoms with van der Waals surface area (Å²) in [4.78, 5) is 11.8. The highest BCUT2D eigenvalue weighted by atomic mass is 16.3. The second-order valence-electron chi connectivity index (χ2n) is 5.15. The van der Waals surface area contributed by atoms with E-state index < -0.39 is 6.10 Å². The Kier molecular flexibility index (Phi) is 3.71. The first-order chi connectivity index (χ1) is 8.52. The molecule has 0 amide bonds. The van der Waals surface area contributed by atoms with Gasteiger partial charge in [0.1, 0.15) is 5.69 Å². The highest BCUT2D eigenvalue weighted by Crippen LogP contribution is 2.35. The molecule has 0 radical (unpaired) electrons. The minimum Gasteiger partial charge on any atom is -0.394 e. The van der Waals surface area contributed by atoms with Crippen LogP contribution in [-0.2, 0) is 7.05 Å². The summed E-state index contributed by atoms with van der Waals surface area (Å²) in [5, 5.41) is 14.2. The first-order valence-electron chi connectivity index (χ1n) is 6.57. The molecule has 1 aliphatic carbocycles. The maximum Gasteiger partial charge on any atom is 0.290 e. The van der Waals surface area contributed by atoms with Crippen LogP contribution in [0.4, 0.5) is 5.69 Å². The molecule has 0 aliphatic heterocycles. The quantitative estimate of drug-likeness (QED) is 0.834. The summed E-state index contributed by atoms with van der Waals surface area (Å²) >= 11 is 0. The van der Waals surface area contributed by atoms with Gasteiger partial charge in [-0.1, -0.05) is 19.3 Å². The van der Waals surface area contributed by atoms with E-state index in [1.165, 1.54) is 23.9 Å². The number of nitrogen functional groups attached to an aromatic ring is 1. The zero-order chi connectivity index (χ0) is 13.3. The summed E-state index contributed by atoms with van der Waals surface area (Å²) < 4.78 is 1.28. The van der Waals surface area contributed by atoms with Crippen LogP contribution in [0.5, 0.6) is 0 Å². The van der Waals surface area contributed by atoms with Crippen molar-refractivity contribution in [3.8, 4) is 0 Å². The Labute approximate surface area is 107 Å². The number of aryl methyl sites for hydroxylation is 1. The second kappa shape index (κ2) is 5.10. The second-order valence-corrected chi connectivity index (χ2v) is 5.15. The van der Waals surface area contributed by atoms with Crippen molar-refractivity contribution in [2.24, 2.45) is 7.05 Å². The van der Waals surface area contributed by atoms with Crippen LogP contribution in [-0.4, -0.2) is 14.9 Å². The number of aromatic nitrogens is 2. The zero-order valence-electron chi connectivity index (χ0n) is 11.0. The summed E-state index contributed by atoms with van der Waals surface area (Å²) in [6, 6.07) is 0. The van der Waals surface area contributed by atoms with Crippen LogP contribution in [0, 0.1) is 0 Å². The molecule has 0 saturated heterocycles. The average molecular weight is 251 g/mol. The monoisotopic (exact) mass is 251 g/mol. The summed E-state index contributed by atoms with van der Waals surface area (Å²) in [7, 11) is 1.61. The van der Waals surface area contributed by atoms with E-state index in [1.54, 1.807) is 14.0 Å². The Balaban J connectivity index is 2.54. The molecule has 1 unspecified atom stereocenters. The SMILES string of the molecule is CC(O)c1c(C2CCCCC2)nn(C)c(=O)c1N. The first kappa shape index (κ1) is 13.1. The van der Waals surface area contributed by atoms with Gasteiger partial charge in [0, 0.05) is 18.5 Å². The van der Waals surface area contributed by atoms with Crippen LogP contribution >= 0.6 is 0 Å². The molecule has 1 aliphatic rings. The molecule has 5 heteroatoms. The smallest absolute Gasteiger partial charge is 0.290 e. The van der Waals surface area contributed by atoms with Gasteiger partial charge in [-0.15, -0.1) is 0 Å². The number of hydrogen-bond acceptors (Lipinski definition) is 4. The molecule has 5 nitrogen and oxygen atoms in total. The Hall–Kier alpha value is -1.36. The lowest BCUT2D eigenvalue weighted by Crippen LogP contribution is -2.28. The van der Waals surface area contributed by atoms with Gasteiger partial charge >= 0.3 is 0 Å². The standard InChI is InChI=1S/C13H21N3O2/c1-8(17)10-11(14)13(18)16(2)15-12(10)9-6-4-3-5-7-9/h8-9,17H,3-7,14H2,1-2H3. The molecule has 1 saturated carbocycles. The van der Waals surface area contributed by atoms with Crippen molar-refractivity contribution in [2.75, 3.05) is 5.73 Å². The Morgan fingerprint density at radius 2 is 2.00 bits per heavy atom. The molecule has 100 valence electrons. The fourth-order valence-electron chi connectivity index (χ4n) is 2.81. The van der Waals surface area contributed by atoms with E-state index in [0.717, 1.165) is 18.5 Å². The molecule has 3 N–H and O–H groups in total. The van der Waals surface area contributed by atoms with Gasteiger partial charge in [0.15, 0.2) is 0 Å². The number of rotatable bonds is 2. The van der Waals surface area contributed by atoms with Gasteiger partial charge in [0.05, 0.1) is 11.8 Å². The first-order valence-corrected chi connectivity index (χ1v) is 6.57. The molecule has 1 heterocycles. The van der Waals surface area contributed by atoms with Crippen LogP contribution in [0.15, 0.2) is 4.79 Å². The van der Waals surface area contributed by atoms with Gasteiger partial charge in [-0.3, -0.25) is 4.79 Å². The number of aliphatic hydroxyl groups excluding tert-OH is 1. The molecular formula is C13H21N3O2. The Morgan fingerprint density at radius 3 is 2.56 bits per heavy atom. The highest BCUT2D eigenvalue weighted by molar-refractivity contribution is 5.48. The molecule has 0 spiro atoms. The molecule has 1 fully saturated rings. The maximum absolute atomic E-state index is 11.8. The minimum atomic E-state index is -0.747. The summed E-state index contributed by atoms with van der Waals surface area (Å²) in [5.41, 5.74) is 7.01. The molecule has 0 bridgehead atoms. The fourth-order valence-corrected chi connectivity index (χ4v) is 2.81. The zero-order valence-corrected chi connectivity index (χ0v) is 11.0. The molecule has 1 aromatic rings. The van der Waals surface area contributed by atoms with E-state index in [2.05, 4.69) is 5.10 Å². The molecule has 0 aromatic carbocycles. The number of aliphatic hydroxyl groups is 1. The van der Waals surface area contributed by atoms with E-state index in [4.69, 9.17) is 5.73 Å². The van der Waals surface area contributed by atoms with Gasteiger partial charge in [-0.05, 0) is 19.8 Å². The number of nitrogens with zero attached hydrogens (tertiary/aromatic N) is 2. The Morgan fingerprint density at radius 1 is 1.39 bits per heavy atom. The topological polar surface area (TPSA) is 81.1 Å². The van der Waals surface area contributed by atoms with Crippen molar-refractivity contribution >= 4 is 5.69 Å². The van der Waals surface area contributed by atoms with Crippen LogP contribution in [0.1, 0.15) is 62.3 Å². The predicted molar refractivity (Wildman–Crippen MR) is 70.4 cm³/mol. The average Bonchev–Trinajstić information content (AvgIpc) is 2.36. The van der Waals surface area contributed by atoms with Crippen molar-refractivity contribution in [2.45, 2.75) is 51.0 Å². The van der Waals surface area contributed by atoms with Crippen LogP contribution in [0.25, 0.3) is 0 Å². The summed E-state index contributed by atoms with van der Waals surface area (Å²) in [5.74, 6) is 0.317. The predicted octanol–water partition coefficient (Wildman–Crippen LogP) is 1.46. The van der Waals surface area contributed by atoms with E-state index in [0.29, 0.717) is 11.5 Å². The van der Waals surface area contributed by atoms with Gasteiger partial charge in [-0.25, -0.2) is 4.68 Å². The largest absolute Gasteiger partial charge is 0.394 e. The van der Waals surface area contributed by atoms with Gasteiger partial charge < -0.3 is 10.8 Å². The van der Waals surface area contributed by atoms with E-state index in [-0.39, 0.29) is 11.2 Å².